The van der Waals surface area contributed by atoms with Gasteiger partial charge in [-0.2, -0.15) is 0 Å². The second-order valence-corrected chi connectivity index (χ2v) is 7.02. The van der Waals surface area contributed by atoms with Crippen LogP contribution in [0.1, 0.15) is 37.7 Å². The summed E-state index contributed by atoms with van der Waals surface area (Å²) in [6.45, 7) is 3.08. The molecule has 142 valence electrons. The Kier molecular flexibility index (Phi) is 6.61. The molecule has 1 atom stereocenters. The molecule has 0 radical (unpaired) electrons. The molecule has 0 spiro atoms. The minimum atomic E-state index is -0.294. The number of rotatable bonds is 6. The molecule has 2 heterocycles. The highest BCUT2D eigenvalue weighted by atomic mass is 19.1. The largest absolute Gasteiger partial charge is 0.378 e. The number of nitrogens with zero attached hydrogens (tertiary/aromatic N) is 2. The molecule has 26 heavy (non-hydrogen) atoms. The van der Waals surface area contributed by atoms with Crippen molar-refractivity contribution in [2.24, 2.45) is 0 Å². The van der Waals surface area contributed by atoms with E-state index < -0.39 is 0 Å². The number of likely N-dealkylation sites (tertiary alicyclic amines) is 1. The number of ether oxygens (including phenoxy) is 1. The predicted molar refractivity (Wildman–Crippen MR) is 96.1 cm³/mol. The van der Waals surface area contributed by atoms with E-state index in [0.29, 0.717) is 39.3 Å². The summed E-state index contributed by atoms with van der Waals surface area (Å²) >= 11 is 0. The van der Waals surface area contributed by atoms with E-state index >= 15 is 0 Å². The summed E-state index contributed by atoms with van der Waals surface area (Å²) in [6.07, 6.45) is 4.62. The van der Waals surface area contributed by atoms with Crippen LogP contribution in [-0.4, -0.2) is 60.5 Å². The second-order valence-electron chi connectivity index (χ2n) is 7.02. The van der Waals surface area contributed by atoms with Crippen molar-refractivity contribution in [3.63, 3.8) is 0 Å². The number of unbranched alkanes of at least 4 members (excludes halogenated alkanes) is 1. The smallest absolute Gasteiger partial charge is 0.245 e. The van der Waals surface area contributed by atoms with Crippen molar-refractivity contribution in [2.75, 3.05) is 32.8 Å². The molecule has 1 aromatic carbocycles. The maximum Gasteiger partial charge on any atom is 0.245 e. The van der Waals surface area contributed by atoms with Gasteiger partial charge in [0.1, 0.15) is 11.9 Å². The minimum Gasteiger partial charge on any atom is -0.378 e. The fourth-order valence-electron chi connectivity index (χ4n) is 3.72. The first kappa shape index (κ1) is 18.8. The molecule has 0 bridgehead atoms. The molecule has 2 aliphatic rings. The van der Waals surface area contributed by atoms with Gasteiger partial charge in [-0.3, -0.25) is 9.59 Å². The zero-order valence-corrected chi connectivity index (χ0v) is 15.2. The number of hydrogen-bond donors (Lipinski definition) is 0. The van der Waals surface area contributed by atoms with Crippen LogP contribution in [-0.2, 0) is 20.7 Å². The van der Waals surface area contributed by atoms with Gasteiger partial charge in [0.05, 0.1) is 13.2 Å². The van der Waals surface area contributed by atoms with E-state index in [4.69, 9.17) is 4.74 Å². The van der Waals surface area contributed by atoms with Crippen LogP contribution in [0.2, 0.25) is 0 Å². The van der Waals surface area contributed by atoms with Gasteiger partial charge < -0.3 is 14.5 Å². The van der Waals surface area contributed by atoms with Crippen molar-refractivity contribution in [1.29, 1.82) is 0 Å². The number of halogens is 1. The molecule has 0 unspecified atom stereocenters. The van der Waals surface area contributed by atoms with Gasteiger partial charge in [0.15, 0.2) is 0 Å². The molecule has 6 heteroatoms. The summed E-state index contributed by atoms with van der Waals surface area (Å²) < 4.78 is 18.2. The Balaban J connectivity index is 1.44. The highest BCUT2D eigenvalue weighted by molar-refractivity contribution is 5.88. The average molecular weight is 362 g/mol. The summed E-state index contributed by atoms with van der Waals surface area (Å²) in [7, 11) is 0. The number of hydrogen-bond acceptors (Lipinski definition) is 3. The molecule has 2 amide bonds. The molecule has 0 aromatic heterocycles. The molecule has 0 N–H and O–H groups in total. The summed E-state index contributed by atoms with van der Waals surface area (Å²) in [4.78, 5) is 28.9. The Labute approximate surface area is 154 Å². The van der Waals surface area contributed by atoms with E-state index in [1.165, 1.54) is 12.1 Å². The number of carbonyl (C=O) groups excluding carboxylic acids is 2. The van der Waals surface area contributed by atoms with Gasteiger partial charge in [0.2, 0.25) is 11.8 Å². The molecule has 2 fully saturated rings. The van der Waals surface area contributed by atoms with Crippen LogP contribution in [0.25, 0.3) is 0 Å². The Hall–Kier alpha value is -1.95. The van der Waals surface area contributed by atoms with Gasteiger partial charge in [0, 0.05) is 26.1 Å². The topological polar surface area (TPSA) is 49.9 Å². The number of morpholine rings is 1. The molecular formula is C20H27FN2O3. The van der Waals surface area contributed by atoms with Gasteiger partial charge >= 0.3 is 0 Å². The average Bonchev–Trinajstić information content (AvgIpc) is 3.16. The third-order valence-electron chi connectivity index (χ3n) is 5.20. The third kappa shape index (κ3) is 4.81. The second kappa shape index (κ2) is 9.12. The van der Waals surface area contributed by atoms with Crippen LogP contribution >= 0.6 is 0 Å². The van der Waals surface area contributed by atoms with E-state index in [0.717, 1.165) is 37.7 Å². The Bertz CT molecular complexity index is 614. The normalized spacial score (nSPS) is 20.4. The van der Waals surface area contributed by atoms with Gasteiger partial charge in [-0.05, 0) is 49.8 Å². The number of benzene rings is 1. The zero-order valence-electron chi connectivity index (χ0n) is 15.2. The Morgan fingerprint density at radius 3 is 2.54 bits per heavy atom. The van der Waals surface area contributed by atoms with Crippen LogP contribution in [0.3, 0.4) is 0 Å². The van der Waals surface area contributed by atoms with Crippen LogP contribution in [0.5, 0.6) is 0 Å². The summed E-state index contributed by atoms with van der Waals surface area (Å²) in [5.74, 6) is -0.0763. The van der Waals surface area contributed by atoms with Crippen molar-refractivity contribution in [3.8, 4) is 0 Å². The van der Waals surface area contributed by atoms with E-state index in [-0.39, 0.29) is 23.7 Å². The first-order chi connectivity index (χ1) is 12.6. The predicted octanol–water partition coefficient (Wildman–Crippen LogP) is 2.39. The first-order valence-corrected chi connectivity index (χ1v) is 9.55. The molecule has 0 aliphatic carbocycles. The van der Waals surface area contributed by atoms with Crippen LogP contribution in [0.4, 0.5) is 4.39 Å². The summed E-state index contributed by atoms with van der Waals surface area (Å²) in [5, 5.41) is 0. The summed E-state index contributed by atoms with van der Waals surface area (Å²) in [6, 6.07) is 6.21. The third-order valence-corrected chi connectivity index (χ3v) is 5.20. The molecule has 3 rings (SSSR count). The Morgan fingerprint density at radius 2 is 1.81 bits per heavy atom. The molecule has 2 saturated heterocycles. The van der Waals surface area contributed by atoms with Gasteiger partial charge in [0.25, 0.3) is 0 Å². The zero-order chi connectivity index (χ0) is 18.4. The maximum atomic E-state index is 12.9. The maximum absolute atomic E-state index is 12.9. The van der Waals surface area contributed by atoms with Crippen molar-refractivity contribution in [1.82, 2.24) is 9.80 Å². The lowest BCUT2D eigenvalue weighted by Crippen LogP contribution is -2.51. The Morgan fingerprint density at radius 1 is 1.08 bits per heavy atom. The van der Waals surface area contributed by atoms with E-state index in [2.05, 4.69) is 0 Å². The molecule has 5 nitrogen and oxygen atoms in total. The monoisotopic (exact) mass is 362 g/mol. The number of aryl methyl sites for hydroxylation is 1. The van der Waals surface area contributed by atoms with Gasteiger partial charge in [-0.15, -0.1) is 0 Å². The lowest BCUT2D eigenvalue weighted by molar-refractivity contribution is -0.146. The quantitative estimate of drug-likeness (QED) is 0.730. The first-order valence-electron chi connectivity index (χ1n) is 9.55. The lowest BCUT2D eigenvalue weighted by Gasteiger charge is -2.32. The van der Waals surface area contributed by atoms with Crippen molar-refractivity contribution >= 4 is 11.8 Å². The van der Waals surface area contributed by atoms with Crippen LogP contribution in [0.15, 0.2) is 24.3 Å². The lowest BCUT2D eigenvalue weighted by atomic mass is 10.1. The molecular weight excluding hydrogens is 335 g/mol. The molecule has 2 aliphatic heterocycles. The van der Waals surface area contributed by atoms with Gasteiger partial charge in [-0.1, -0.05) is 12.1 Å². The fourth-order valence-corrected chi connectivity index (χ4v) is 3.72. The fraction of sp³-hybridized carbons (Fsp3) is 0.600. The van der Waals surface area contributed by atoms with Crippen molar-refractivity contribution in [3.05, 3.63) is 35.6 Å². The SMILES string of the molecule is O=C([C@@H]1CCCN1C(=O)CCCCc1ccc(F)cc1)N1CCOCC1. The summed E-state index contributed by atoms with van der Waals surface area (Å²) in [5.41, 5.74) is 1.08. The molecule has 1 aromatic rings. The van der Waals surface area contributed by atoms with Gasteiger partial charge in [-0.25, -0.2) is 4.39 Å². The minimum absolute atomic E-state index is 0.0745. The van der Waals surface area contributed by atoms with Crippen LogP contribution < -0.4 is 0 Å². The van der Waals surface area contributed by atoms with E-state index in [1.807, 2.05) is 4.90 Å². The highest BCUT2D eigenvalue weighted by Crippen LogP contribution is 2.22. The van der Waals surface area contributed by atoms with Crippen LogP contribution in [0, 0.1) is 5.82 Å². The molecule has 0 saturated carbocycles. The van der Waals surface area contributed by atoms with Crippen molar-refractivity contribution < 1.29 is 18.7 Å². The number of carbonyl (C=O) groups is 2. The standard InChI is InChI=1S/C20H27FN2O3/c21-17-9-7-16(8-10-17)4-1-2-6-19(24)23-11-3-5-18(23)20(25)22-12-14-26-15-13-22/h7-10,18H,1-6,11-15H2/t18-/m0/s1. The van der Waals surface area contributed by atoms with E-state index in [1.54, 1.807) is 17.0 Å². The number of amides is 2. The van der Waals surface area contributed by atoms with E-state index in [9.17, 15) is 14.0 Å². The van der Waals surface area contributed by atoms with Crippen molar-refractivity contribution in [2.45, 2.75) is 44.6 Å². The highest BCUT2D eigenvalue weighted by Gasteiger charge is 2.36.